The topological polar surface area (TPSA) is 50.3 Å². The van der Waals surface area contributed by atoms with Crippen LogP contribution in [0.1, 0.15) is 26.5 Å². The SMILES string of the molecule is CCOc1cc(C)nc(N2CCNC(C)(C)C2)n1. The second-order valence-electron chi connectivity index (χ2n) is 5.31. The zero-order chi connectivity index (χ0) is 13.2. The van der Waals surface area contributed by atoms with Crippen molar-refractivity contribution in [1.82, 2.24) is 15.3 Å². The maximum Gasteiger partial charge on any atom is 0.228 e. The predicted molar refractivity (Wildman–Crippen MR) is 72.2 cm³/mol. The van der Waals surface area contributed by atoms with Crippen LogP contribution in [0.4, 0.5) is 5.95 Å². The van der Waals surface area contributed by atoms with Gasteiger partial charge < -0.3 is 15.0 Å². The van der Waals surface area contributed by atoms with Crippen molar-refractivity contribution in [3.05, 3.63) is 11.8 Å². The number of nitrogens with zero attached hydrogens (tertiary/aromatic N) is 3. The lowest BCUT2D eigenvalue weighted by Crippen LogP contribution is -2.57. The Morgan fingerprint density at radius 1 is 1.44 bits per heavy atom. The Morgan fingerprint density at radius 2 is 2.22 bits per heavy atom. The van der Waals surface area contributed by atoms with Gasteiger partial charge in [0.25, 0.3) is 0 Å². The van der Waals surface area contributed by atoms with Crippen LogP contribution < -0.4 is 15.0 Å². The molecular weight excluding hydrogens is 228 g/mol. The van der Waals surface area contributed by atoms with Crippen molar-refractivity contribution in [2.24, 2.45) is 0 Å². The van der Waals surface area contributed by atoms with Crippen LogP contribution in [0, 0.1) is 6.92 Å². The number of ether oxygens (including phenoxy) is 1. The zero-order valence-corrected chi connectivity index (χ0v) is 11.7. The monoisotopic (exact) mass is 250 g/mol. The van der Waals surface area contributed by atoms with Crippen LogP contribution in [-0.2, 0) is 0 Å². The summed E-state index contributed by atoms with van der Waals surface area (Å²) >= 11 is 0. The van der Waals surface area contributed by atoms with Crippen molar-refractivity contribution in [3.63, 3.8) is 0 Å². The number of aryl methyl sites for hydroxylation is 1. The van der Waals surface area contributed by atoms with Crippen molar-refractivity contribution in [1.29, 1.82) is 0 Å². The molecule has 0 spiro atoms. The van der Waals surface area contributed by atoms with Crippen molar-refractivity contribution in [2.45, 2.75) is 33.2 Å². The summed E-state index contributed by atoms with van der Waals surface area (Å²) in [5.41, 5.74) is 1.04. The smallest absolute Gasteiger partial charge is 0.228 e. The molecule has 5 nitrogen and oxygen atoms in total. The first-order chi connectivity index (χ1) is 8.50. The van der Waals surface area contributed by atoms with Gasteiger partial charge in [0.15, 0.2) is 0 Å². The lowest BCUT2D eigenvalue weighted by atomic mass is 10.0. The maximum absolute atomic E-state index is 5.48. The normalized spacial score (nSPS) is 18.8. The van der Waals surface area contributed by atoms with Crippen LogP contribution in [0.5, 0.6) is 5.88 Å². The molecule has 0 bridgehead atoms. The average molecular weight is 250 g/mol. The number of hydrogen-bond acceptors (Lipinski definition) is 5. The van der Waals surface area contributed by atoms with Crippen LogP contribution in [0.25, 0.3) is 0 Å². The third-order valence-corrected chi connectivity index (χ3v) is 2.97. The Labute approximate surface area is 109 Å². The third-order valence-electron chi connectivity index (χ3n) is 2.97. The molecule has 18 heavy (non-hydrogen) atoms. The first kappa shape index (κ1) is 13.1. The number of rotatable bonds is 3. The van der Waals surface area contributed by atoms with E-state index in [0.29, 0.717) is 12.5 Å². The minimum atomic E-state index is 0.0944. The molecule has 1 aliphatic heterocycles. The molecule has 1 aromatic rings. The highest BCUT2D eigenvalue weighted by molar-refractivity contribution is 5.36. The summed E-state index contributed by atoms with van der Waals surface area (Å²) in [7, 11) is 0. The number of aromatic nitrogens is 2. The van der Waals surface area contributed by atoms with Gasteiger partial charge in [-0.05, 0) is 27.7 Å². The largest absolute Gasteiger partial charge is 0.478 e. The number of anilines is 1. The van der Waals surface area contributed by atoms with Gasteiger partial charge in [-0.1, -0.05) is 0 Å². The summed E-state index contributed by atoms with van der Waals surface area (Å²) in [6, 6.07) is 1.88. The molecule has 0 saturated carbocycles. The molecule has 1 aliphatic rings. The first-order valence-corrected chi connectivity index (χ1v) is 6.48. The Bertz CT molecular complexity index is 419. The van der Waals surface area contributed by atoms with E-state index >= 15 is 0 Å². The second-order valence-corrected chi connectivity index (χ2v) is 5.31. The first-order valence-electron chi connectivity index (χ1n) is 6.48. The fourth-order valence-electron chi connectivity index (χ4n) is 2.20. The Hall–Kier alpha value is -1.36. The fourth-order valence-corrected chi connectivity index (χ4v) is 2.20. The molecule has 2 heterocycles. The summed E-state index contributed by atoms with van der Waals surface area (Å²) < 4.78 is 5.48. The van der Waals surface area contributed by atoms with Gasteiger partial charge in [-0.25, -0.2) is 4.98 Å². The minimum absolute atomic E-state index is 0.0944. The molecule has 0 unspecified atom stereocenters. The van der Waals surface area contributed by atoms with E-state index in [9.17, 15) is 0 Å². The van der Waals surface area contributed by atoms with E-state index in [1.807, 2.05) is 19.9 Å². The van der Waals surface area contributed by atoms with Gasteiger partial charge in [0.1, 0.15) is 0 Å². The molecule has 1 saturated heterocycles. The quantitative estimate of drug-likeness (QED) is 0.878. The lowest BCUT2D eigenvalue weighted by Gasteiger charge is -2.39. The molecule has 0 aliphatic carbocycles. The van der Waals surface area contributed by atoms with E-state index < -0.39 is 0 Å². The minimum Gasteiger partial charge on any atom is -0.478 e. The molecule has 0 radical (unpaired) electrons. The molecule has 100 valence electrons. The molecule has 0 aromatic carbocycles. The molecule has 0 atom stereocenters. The summed E-state index contributed by atoms with van der Waals surface area (Å²) in [5.74, 6) is 1.43. The van der Waals surface area contributed by atoms with Gasteiger partial charge in [0.05, 0.1) is 6.61 Å². The van der Waals surface area contributed by atoms with Crippen molar-refractivity contribution in [3.8, 4) is 5.88 Å². The van der Waals surface area contributed by atoms with Gasteiger partial charge in [0, 0.05) is 36.9 Å². The van der Waals surface area contributed by atoms with Crippen LogP contribution in [0.15, 0.2) is 6.07 Å². The molecule has 1 aromatic heterocycles. The molecule has 5 heteroatoms. The number of nitrogens with one attached hydrogen (secondary N) is 1. The van der Waals surface area contributed by atoms with Gasteiger partial charge in [-0.15, -0.1) is 0 Å². The van der Waals surface area contributed by atoms with Gasteiger partial charge in [-0.2, -0.15) is 4.98 Å². The van der Waals surface area contributed by atoms with Crippen LogP contribution >= 0.6 is 0 Å². The van der Waals surface area contributed by atoms with E-state index in [4.69, 9.17) is 4.74 Å². The van der Waals surface area contributed by atoms with E-state index in [1.54, 1.807) is 0 Å². The number of hydrogen-bond donors (Lipinski definition) is 1. The zero-order valence-electron chi connectivity index (χ0n) is 11.7. The summed E-state index contributed by atoms with van der Waals surface area (Å²) in [6.07, 6.45) is 0. The fraction of sp³-hybridized carbons (Fsp3) is 0.692. The summed E-state index contributed by atoms with van der Waals surface area (Å²) in [5, 5.41) is 3.48. The van der Waals surface area contributed by atoms with Gasteiger partial charge in [0.2, 0.25) is 11.8 Å². The van der Waals surface area contributed by atoms with Crippen LogP contribution in [0.3, 0.4) is 0 Å². The second kappa shape index (κ2) is 5.10. The molecule has 2 rings (SSSR count). The molecule has 1 N–H and O–H groups in total. The summed E-state index contributed by atoms with van der Waals surface area (Å²) in [4.78, 5) is 11.2. The predicted octanol–water partition coefficient (Wildman–Crippen LogP) is 1.37. The van der Waals surface area contributed by atoms with Crippen molar-refractivity contribution < 1.29 is 4.74 Å². The number of piperazine rings is 1. The molecule has 0 amide bonds. The van der Waals surface area contributed by atoms with E-state index in [2.05, 4.69) is 34.0 Å². The highest BCUT2D eigenvalue weighted by Gasteiger charge is 2.27. The molecule has 1 fully saturated rings. The van der Waals surface area contributed by atoms with E-state index in [1.165, 1.54) is 0 Å². The lowest BCUT2D eigenvalue weighted by molar-refractivity contribution is 0.322. The highest BCUT2D eigenvalue weighted by Crippen LogP contribution is 2.19. The Morgan fingerprint density at radius 3 is 2.89 bits per heavy atom. The maximum atomic E-state index is 5.48. The van der Waals surface area contributed by atoms with E-state index in [-0.39, 0.29) is 5.54 Å². The van der Waals surface area contributed by atoms with E-state index in [0.717, 1.165) is 31.3 Å². The highest BCUT2D eigenvalue weighted by atomic mass is 16.5. The Kier molecular flexibility index (Phi) is 3.71. The Balaban J connectivity index is 2.21. The van der Waals surface area contributed by atoms with Crippen molar-refractivity contribution >= 4 is 5.95 Å². The van der Waals surface area contributed by atoms with Gasteiger partial charge >= 0.3 is 0 Å². The summed E-state index contributed by atoms with van der Waals surface area (Å²) in [6.45, 7) is 11.7. The molecular formula is C13H22N4O. The van der Waals surface area contributed by atoms with Crippen molar-refractivity contribution in [2.75, 3.05) is 31.1 Å². The third kappa shape index (κ3) is 3.10. The standard InChI is InChI=1S/C13H22N4O/c1-5-18-11-8-10(2)15-12(16-11)17-7-6-14-13(3,4)9-17/h8,14H,5-7,9H2,1-4H3. The van der Waals surface area contributed by atoms with Gasteiger partial charge in [-0.3, -0.25) is 0 Å². The average Bonchev–Trinajstić information content (AvgIpc) is 2.27. The van der Waals surface area contributed by atoms with Crippen LogP contribution in [0.2, 0.25) is 0 Å². The van der Waals surface area contributed by atoms with Crippen LogP contribution in [-0.4, -0.2) is 41.7 Å².